The number of piperidine rings is 1. The van der Waals surface area contributed by atoms with Gasteiger partial charge in [0.2, 0.25) is 11.8 Å². The number of likely N-dealkylation sites (tertiary alicyclic amines) is 1. The molecule has 2 N–H and O–H groups in total. The molecule has 2 heterocycles. The highest BCUT2D eigenvalue weighted by molar-refractivity contribution is 8.01. The molecule has 1 atom stereocenters. The molecule has 0 spiro atoms. The highest BCUT2D eigenvalue weighted by atomic mass is 32.2. The molecule has 1 unspecified atom stereocenters. The van der Waals surface area contributed by atoms with Crippen molar-refractivity contribution in [1.82, 2.24) is 10.2 Å². The fourth-order valence-electron chi connectivity index (χ4n) is 3.22. The maximum absolute atomic E-state index is 12.7. The second kappa shape index (κ2) is 6.41. The summed E-state index contributed by atoms with van der Waals surface area (Å²) in [6.45, 7) is 4.75. The molecule has 0 radical (unpaired) electrons. The van der Waals surface area contributed by atoms with Crippen LogP contribution in [0.2, 0.25) is 0 Å². The summed E-state index contributed by atoms with van der Waals surface area (Å²) in [6.07, 6.45) is 1.03. The van der Waals surface area contributed by atoms with Crippen LogP contribution in [0.4, 0.5) is 0 Å². The van der Waals surface area contributed by atoms with E-state index in [4.69, 9.17) is 0 Å². The van der Waals surface area contributed by atoms with E-state index in [-0.39, 0.29) is 11.8 Å². The molecule has 0 saturated carbocycles. The number of benzene rings is 1. The van der Waals surface area contributed by atoms with Crippen molar-refractivity contribution in [2.45, 2.75) is 43.1 Å². The highest BCUT2D eigenvalue weighted by Gasteiger charge is 2.41. The number of thioether (sulfide) groups is 1. The summed E-state index contributed by atoms with van der Waals surface area (Å²) in [4.78, 5) is 26.5. The monoisotopic (exact) mass is 348 g/mol. The van der Waals surface area contributed by atoms with Crippen molar-refractivity contribution in [3.05, 3.63) is 35.9 Å². The smallest absolute Gasteiger partial charge is 0.246 e. The molecule has 2 saturated heterocycles. The summed E-state index contributed by atoms with van der Waals surface area (Å²) in [5, 5.41) is 13.7. The van der Waals surface area contributed by atoms with E-state index in [1.807, 2.05) is 44.2 Å². The van der Waals surface area contributed by atoms with Crippen LogP contribution in [0.25, 0.3) is 0 Å². The van der Waals surface area contributed by atoms with Crippen LogP contribution in [0.3, 0.4) is 0 Å². The van der Waals surface area contributed by atoms with Gasteiger partial charge in [-0.2, -0.15) is 0 Å². The quantitative estimate of drug-likeness (QED) is 0.850. The molecule has 0 bridgehead atoms. The summed E-state index contributed by atoms with van der Waals surface area (Å²) in [5.74, 6) is 0.466. The molecule has 2 aliphatic rings. The molecule has 6 heteroatoms. The van der Waals surface area contributed by atoms with E-state index in [2.05, 4.69) is 5.32 Å². The zero-order valence-electron chi connectivity index (χ0n) is 14.1. The van der Waals surface area contributed by atoms with Crippen molar-refractivity contribution in [1.29, 1.82) is 0 Å². The first-order valence-corrected chi connectivity index (χ1v) is 9.32. The third kappa shape index (κ3) is 3.30. The van der Waals surface area contributed by atoms with Gasteiger partial charge in [-0.25, -0.2) is 0 Å². The van der Waals surface area contributed by atoms with E-state index in [9.17, 15) is 14.7 Å². The largest absolute Gasteiger partial charge is 0.385 e. The average Bonchev–Trinajstić information content (AvgIpc) is 2.58. The van der Waals surface area contributed by atoms with Crippen LogP contribution in [0.15, 0.2) is 30.3 Å². The minimum Gasteiger partial charge on any atom is -0.385 e. The molecule has 0 aromatic heterocycles. The molecule has 0 aliphatic carbocycles. The lowest BCUT2D eigenvalue weighted by atomic mass is 9.84. The minimum atomic E-state index is -0.870. The van der Waals surface area contributed by atoms with Crippen molar-refractivity contribution >= 4 is 23.6 Å². The van der Waals surface area contributed by atoms with Gasteiger partial charge in [-0.05, 0) is 32.3 Å². The van der Waals surface area contributed by atoms with Crippen LogP contribution >= 0.6 is 11.8 Å². The van der Waals surface area contributed by atoms with E-state index in [0.717, 1.165) is 5.56 Å². The van der Waals surface area contributed by atoms with Crippen LogP contribution < -0.4 is 5.32 Å². The van der Waals surface area contributed by atoms with Crippen molar-refractivity contribution in [2.24, 2.45) is 0 Å². The van der Waals surface area contributed by atoms with Gasteiger partial charge in [0.25, 0.3) is 0 Å². The van der Waals surface area contributed by atoms with Crippen LogP contribution in [0, 0.1) is 0 Å². The predicted molar refractivity (Wildman–Crippen MR) is 94.6 cm³/mol. The van der Waals surface area contributed by atoms with Crippen LogP contribution in [-0.4, -0.2) is 51.5 Å². The number of carbonyl (C=O) groups is 2. The maximum atomic E-state index is 12.7. The Morgan fingerprint density at radius 1 is 1.25 bits per heavy atom. The molecule has 1 aromatic carbocycles. The lowest BCUT2D eigenvalue weighted by Crippen LogP contribution is -2.59. The number of aliphatic hydroxyl groups is 1. The summed E-state index contributed by atoms with van der Waals surface area (Å²) >= 11 is 1.52. The van der Waals surface area contributed by atoms with Crippen LogP contribution in [-0.2, 0) is 15.2 Å². The number of hydrogen-bond acceptors (Lipinski definition) is 4. The van der Waals surface area contributed by atoms with Gasteiger partial charge < -0.3 is 15.3 Å². The van der Waals surface area contributed by atoms with Gasteiger partial charge in [0.15, 0.2) is 0 Å². The van der Waals surface area contributed by atoms with E-state index in [0.29, 0.717) is 31.7 Å². The standard InChI is InChI=1S/C18H24N2O3S/c1-17(2)16(22)19-14(12-24-17)15(21)20-10-8-18(23,9-11-20)13-6-4-3-5-7-13/h3-7,14,23H,8-12H2,1-2H3,(H,19,22). The average molecular weight is 348 g/mol. The van der Waals surface area contributed by atoms with Crippen molar-refractivity contribution in [2.75, 3.05) is 18.8 Å². The Bertz CT molecular complexity index is 624. The molecule has 2 fully saturated rings. The highest BCUT2D eigenvalue weighted by Crippen LogP contribution is 2.34. The number of hydrogen-bond donors (Lipinski definition) is 2. The first kappa shape index (κ1) is 17.3. The van der Waals surface area contributed by atoms with Gasteiger partial charge >= 0.3 is 0 Å². The number of nitrogens with one attached hydrogen (secondary N) is 1. The van der Waals surface area contributed by atoms with Gasteiger partial charge in [-0.15, -0.1) is 11.8 Å². The Balaban J connectivity index is 1.61. The lowest BCUT2D eigenvalue weighted by Gasteiger charge is -2.41. The molecule has 130 valence electrons. The number of amides is 2. The molecule has 3 rings (SSSR count). The normalized spacial score (nSPS) is 25.9. The summed E-state index contributed by atoms with van der Waals surface area (Å²) < 4.78 is -0.480. The zero-order chi connectivity index (χ0) is 17.4. The molecule has 5 nitrogen and oxygen atoms in total. The van der Waals surface area contributed by atoms with Crippen molar-refractivity contribution in [3.8, 4) is 0 Å². The first-order valence-electron chi connectivity index (χ1n) is 8.33. The van der Waals surface area contributed by atoms with E-state index >= 15 is 0 Å². The third-order valence-corrected chi connectivity index (χ3v) is 6.38. The molecular weight excluding hydrogens is 324 g/mol. The fourth-order valence-corrected chi connectivity index (χ4v) is 4.22. The maximum Gasteiger partial charge on any atom is 0.246 e. The third-order valence-electron chi connectivity index (χ3n) is 4.97. The topological polar surface area (TPSA) is 69.6 Å². The van der Waals surface area contributed by atoms with Crippen molar-refractivity contribution < 1.29 is 14.7 Å². The predicted octanol–water partition coefficient (Wildman–Crippen LogP) is 1.51. The van der Waals surface area contributed by atoms with Gasteiger partial charge in [0.1, 0.15) is 6.04 Å². The summed E-state index contributed by atoms with van der Waals surface area (Å²) in [6, 6.07) is 9.16. The van der Waals surface area contributed by atoms with Gasteiger partial charge in [0.05, 0.1) is 10.3 Å². The molecular formula is C18H24N2O3S. The summed E-state index contributed by atoms with van der Waals surface area (Å²) in [5.41, 5.74) is 0.0327. The minimum absolute atomic E-state index is 0.0403. The number of rotatable bonds is 2. The Labute approximate surface area is 146 Å². The molecule has 2 amide bonds. The van der Waals surface area contributed by atoms with Gasteiger partial charge in [-0.3, -0.25) is 9.59 Å². The second-order valence-corrected chi connectivity index (χ2v) is 8.71. The van der Waals surface area contributed by atoms with E-state index in [1.165, 1.54) is 11.8 Å². The van der Waals surface area contributed by atoms with Crippen LogP contribution in [0.1, 0.15) is 32.3 Å². The Hall–Kier alpha value is -1.53. The number of nitrogens with zero attached hydrogens (tertiary/aromatic N) is 1. The first-order chi connectivity index (χ1) is 11.3. The van der Waals surface area contributed by atoms with Crippen LogP contribution in [0.5, 0.6) is 0 Å². The van der Waals surface area contributed by atoms with Gasteiger partial charge in [0, 0.05) is 18.8 Å². The van der Waals surface area contributed by atoms with E-state index < -0.39 is 16.4 Å². The lowest BCUT2D eigenvalue weighted by molar-refractivity contribution is -0.140. The number of carbonyl (C=O) groups excluding carboxylic acids is 2. The zero-order valence-corrected chi connectivity index (χ0v) is 14.9. The molecule has 1 aromatic rings. The fraction of sp³-hybridized carbons (Fsp3) is 0.556. The Morgan fingerprint density at radius 2 is 1.88 bits per heavy atom. The van der Waals surface area contributed by atoms with Gasteiger partial charge in [-0.1, -0.05) is 30.3 Å². The molecule has 2 aliphatic heterocycles. The van der Waals surface area contributed by atoms with Crippen molar-refractivity contribution in [3.63, 3.8) is 0 Å². The van der Waals surface area contributed by atoms with E-state index in [1.54, 1.807) is 4.90 Å². The SMILES string of the molecule is CC1(C)SCC(C(=O)N2CCC(O)(c3ccccc3)CC2)NC1=O. The summed E-state index contributed by atoms with van der Waals surface area (Å²) in [7, 11) is 0. The Kier molecular flexibility index (Phi) is 4.62. The Morgan fingerprint density at radius 3 is 2.46 bits per heavy atom. The second-order valence-electron chi connectivity index (χ2n) is 7.07. The molecule has 24 heavy (non-hydrogen) atoms.